The zero-order valence-electron chi connectivity index (χ0n) is 16.4. The molecule has 2 aromatic carbocycles. The van der Waals surface area contributed by atoms with Crippen LogP contribution in [0.5, 0.6) is 0 Å². The van der Waals surface area contributed by atoms with Gasteiger partial charge in [-0.15, -0.1) is 0 Å². The van der Waals surface area contributed by atoms with Crippen LogP contribution < -0.4 is 0 Å². The molecule has 1 fully saturated rings. The fraction of sp³-hybridized carbons (Fsp3) is 0.455. The molecule has 0 bridgehead atoms. The topological polar surface area (TPSA) is 46.6 Å². The van der Waals surface area contributed by atoms with E-state index in [1.54, 1.807) is 4.31 Å². The normalized spacial score (nSPS) is 16.6. The summed E-state index contributed by atoms with van der Waals surface area (Å²) < 4.78 is 33.8. The third-order valence-corrected chi connectivity index (χ3v) is 7.45. The Morgan fingerprint density at radius 2 is 1.59 bits per heavy atom. The molecule has 1 aliphatic heterocycles. The van der Waals surface area contributed by atoms with Gasteiger partial charge in [0.25, 0.3) is 0 Å². The summed E-state index contributed by atoms with van der Waals surface area (Å²) in [6, 6.07) is 14.0. The molecule has 2 aromatic rings. The largest absolute Gasteiger partial charge is 0.376 e. The first-order chi connectivity index (χ1) is 12.9. The zero-order valence-corrected chi connectivity index (χ0v) is 17.3. The molecule has 0 aromatic heterocycles. The Kier molecular flexibility index (Phi) is 6.35. The van der Waals surface area contributed by atoms with E-state index in [-0.39, 0.29) is 0 Å². The molecule has 4 nitrogen and oxygen atoms in total. The molecule has 3 rings (SSSR count). The molecule has 146 valence electrons. The van der Waals surface area contributed by atoms with E-state index in [2.05, 4.69) is 12.1 Å². The fourth-order valence-electron chi connectivity index (χ4n) is 3.94. The number of benzene rings is 2. The highest BCUT2D eigenvalue weighted by molar-refractivity contribution is 7.89. The minimum atomic E-state index is -3.43. The smallest absolute Gasteiger partial charge is 0.243 e. The van der Waals surface area contributed by atoms with E-state index in [9.17, 15) is 8.42 Å². The predicted molar refractivity (Wildman–Crippen MR) is 108 cm³/mol. The molecule has 0 N–H and O–H groups in total. The Balaban J connectivity index is 1.57. The first-order valence-electron chi connectivity index (χ1n) is 9.57. The summed E-state index contributed by atoms with van der Waals surface area (Å²) in [5.74, 6) is 0.417. The summed E-state index contributed by atoms with van der Waals surface area (Å²) in [5.41, 5.74) is 3.93. The molecule has 0 spiro atoms. The van der Waals surface area contributed by atoms with Gasteiger partial charge in [0.1, 0.15) is 0 Å². The van der Waals surface area contributed by atoms with Crippen LogP contribution in [0.15, 0.2) is 47.4 Å². The highest BCUT2D eigenvalue weighted by Crippen LogP contribution is 2.28. The van der Waals surface area contributed by atoms with Gasteiger partial charge in [-0.2, -0.15) is 4.31 Å². The maximum atomic E-state index is 13.1. The predicted octanol–water partition coefficient (Wildman–Crippen LogP) is 4.23. The van der Waals surface area contributed by atoms with Gasteiger partial charge in [0.05, 0.1) is 11.5 Å². The molecule has 1 heterocycles. The Labute approximate surface area is 163 Å². The molecule has 0 aliphatic carbocycles. The number of hydrogen-bond donors (Lipinski definition) is 0. The van der Waals surface area contributed by atoms with Crippen molar-refractivity contribution in [2.45, 2.75) is 45.1 Å². The monoisotopic (exact) mass is 387 g/mol. The van der Waals surface area contributed by atoms with Crippen LogP contribution in [0.3, 0.4) is 0 Å². The molecule has 1 saturated heterocycles. The lowest BCUT2D eigenvalue weighted by atomic mass is 9.99. The molecular formula is C22H29NO3S. The lowest BCUT2D eigenvalue weighted by Gasteiger charge is -2.32. The van der Waals surface area contributed by atoms with Crippen LogP contribution >= 0.6 is 0 Å². The quantitative estimate of drug-likeness (QED) is 0.745. The Hall–Kier alpha value is -1.69. The average molecular weight is 388 g/mol. The third-order valence-electron chi connectivity index (χ3n) is 5.24. The summed E-state index contributed by atoms with van der Waals surface area (Å²) in [7, 11) is -3.43. The number of nitrogens with zero attached hydrogens (tertiary/aromatic N) is 1. The van der Waals surface area contributed by atoms with Gasteiger partial charge in [-0.1, -0.05) is 48.0 Å². The van der Waals surface area contributed by atoms with Crippen LogP contribution in [-0.2, 0) is 21.4 Å². The van der Waals surface area contributed by atoms with Crippen LogP contribution in [0, 0.1) is 26.7 Å². The van der Waals surface area contributed by atoms with Crippen LogP contribution in [0.1, 0.15) is 35.1 Å². The van der Waals surface area contributed by atoms with E-state index < -0.39 is 10.0 Å². The highest BCUT2D eigenvalue weighted by Gasteiger charge is 2.31. The van der Waals surface area contributed by atoms with Gasteiger partial charge in [-0.05, 0) is 56.2 Å². The molecule has 0 radical (unpaired) electrons. The lowest BCUT2D eigenvalue weighted by Crippen LogP contribution is -2.39. The van der Waals surface area contributed by atoms with Crippen LogP contribution in [0.2, 0.25) is 0 Å². The van der Waals surface area contributed by atoms with E-state index in [1.807, 2.05) is 51.1 Å². The number of piperidine rings is 1. The van der Waals surface area contributed by atoms with Crippen molar-refractivity contribution >= 4 is 10.0 Å². The van der Waals surface area contributed by atoms with Crippen LogP contribution in [0.4, 0.5) is 0 Å². The van der Waals surface area contributed by atoms with Gasteiger partial charge in [0, 0.05) is 19.7 Å². The van der Waals surface area contributed by atoms with Gasteiger partial charge in [-0.3, -0.25) is 0 Å². The zero-order chi connectivity index (χ0) is 19.4. The van der Waals surface area contributed by atoms with Crippen LogP contribution in [-0.4, -0.2) is 32.4 Å². The maximum absolute atomic E-state index is 13.1. The van der Waals surface area contributed by atoms with Crippen molar-refractivity contribution < 1.29 is 13.2 Å². The summed E-state index contributed by atoms with van der Waals surface area (Å²) in [6.45, 7) is 8.20. The van der Waals surface area contributed by atoms with E-state index >= 15 is 0 Å². The minimum Gasteiger partial charge on any atom is -0.376 e. The molecular weight excluding hydrogens is 358 g/mol. The van der Waals surface area contributed by atoms with Crippen molar-refractivity contribution in [2.24, 2.45) is 5.92 Å². The molecule has 27 heavy (non-hydrogen) atoms. The van der Waals surface area contributed by atoms with Crippen molar-refractivity contribution in [1.29, 1.82) is 0 Å². The summed E-state index contributed by atoms with van der Waals surface area (Å²) in [5, 5.41) is 0. The van der Waals surface area contributed by atoms with Gasteiger partial charge in [0.15, 0.2) is 0 Å². The van der Waals surface area contributed by atoms with Crippen LogP contribution in [0.25, 0.3) is 0 Å². The molecule has 0 unspecified atom stereocenters. The molecule has 1 aliphatic rings. The minimum absolute atomic E-state index is 0.417. The number of hydrogen-bond acceptors (Lipinski definition) is 3. The van der Waals surface area contributed by atoms with Crippen molar-refractivity contribution in [3.05, 3.63) is 64.7 Å². The van der Waals surface area contributed by atoms with E-state index in [0.29, 0.717) is 37.1 Å². The number of sulfonamides is 1. The second-order valence-corrected chi connectivity index (χ2v) is 9.45. The maximum Gasteiger partial charge on any atom is 0.243 e. The van der Waals surface area contributed by atoms with Crippen molar-refractivity contribution in [2.75, 3.05) is 19.7 Å². The Bertz CT molecular complexity index is 847. The van der Waals surface area contributed by atoms with Crippen molar-refractivity contribution in [1.82, 2.24) is 4.31 Å². The van der Waals surface area contributed by atoms with E-state index in [4.69, 9.17) is 4.74 Å². The number of rotatable bonds is 6. The third kappa shape index (κ3) is 4.78. The van der Waals surface area contributed by atoms with Gasteiger partial charge in [0.2, 0.25) is 10.0 Å². The van der Waals surface area contributed by atoms with Gasteiger partial charge in [-0.25, -0.2) is 8.42 Å². The first-order valence-corrected chi connectivity index (χ1v) is 11.0. The van der Waals surface area contributed by atoms with Gasteiger partial charge < -0.3 is 4.74 Å². The van der Waals surface area contributed by atoms with Gasteiger partial charge >= 0.3 is 0 Å². The van der Waals surface area contributed by atoms with Crippen molar-refractivity contribution in [3.8, 4) is 0 Å². The SMILES string of the molecule is Cc1cc(C)c(S(=O)(=O)N2CCC(COCc3ccccc3)CC2)c(C)c1. The molecule has 0 saturated carbocycles. The average Bonchev–Trinajstić information content (AvgIpc) is 2.62. The van der Waals surface area contributed by atoms with Crippen molar-refractivity contribution in [3.63, 3.8) is 0 Å². The Morgan fingerprint density at radius 1 is 1.00 bits per heavy atom. The highest BCUT2D eigenvalue weighted by atomic mass is 32.2. The standard InChI is InChI=1S/C22H29NO3S/c1-17-13-18(2)22(19(3)14-17)27(24,25)23-11-9-21(10-12-23)16-26-15-20-7-5-4-6-8-20/h4-8,13-14,21H,9-12,15-16H2,1-3H3. The summed E-state index contributed by atoms with van der Waals surface area (Å²) >= 11 is 0. The fourth-order valence-corrected chi connectivity index (χ4v) is 5.82. The lowest BCUT2D eigenvalue weighted by molar-refractivity contribution is 0.0688. The number of ether oxygens (including phenoxy) is 1. The molecule has 5 heteroatoms. The Morgan fingerprint density at radius 3 is 2.19 bits per heavy atom. The first kappa shape index (κ1) is 20.1. The summed E-state index contributed by atoms with van der Waals surface area (Å²) in [6.07, 6.45) is 1.69. The van der Waals surface area contributed by atoms with E-state index in [1.165, 1.54) is 5.56 Å². The second-order valence-electron chi connectivity index (χ2n) is 7.58. The molecule has 0 atom stereocenters. The second kappa shape index (κ2) is 8.55. The summed E-state index contributed by atoms with van der Waals surface area (Å²) in [4.78, 5) is 0.479. The van der Waals surface area contributed by atoms with E-state index in [0.717, 1.165) is 29.5 Å². The molecule has 0 amide bonds. The number of aryl methyl sites for hydroxylation is 3.